The zero-order valence-electron chi connectivity index (χ0n) is 10.8. The third-order valence-electron chi connectivity index (χ3n) is 3.78. The Morgan fingerprint density at radius 3 is 2.81 bits per heavy atom. The predicted molar refractivity (Wildman–Crippen MR) is 69.3 cm³/mol. The van der Waals surface area contributed by atoms with Gasteiger partial charge in [0.15, 0.2) is 11.9 Å². The van der Waals surface area contributed by atoms with E-state index < -0.39 is 24.5 Å². The molecule has 0 spiro atoms. The summed E-state index contributed by atoms with van der Waals surface area (Å²) in [6.07, 6.45) is 0.727. The largest absolute Gasteiger partial charge is 0.394 e. The van der Waals surface area contributed by atoms with Gasteiger partial charge >= 0.3 is 0 Å². The molecule has 1 saturated heterocycles. The van der Waals surface area contributed by atoms with Crippen LogP contribution in [-0.2, 0) is 4.74 Å². The minimum atomic E-state index is -1.14. The minimum absolute atomic E-state index is 0.365. The highest BCUT2D eigenvalue weighted by Crippen LogP contribution is 2.32. The van der Waals surface area contributed by atoms with Crippen LogP contribution in [0.15, 0.2) is 24.9 Å². The van der Waals surface area contributed by atoms with Crippen LogP contribution in [0.25, 0.3) is 16.7 Å². The Bertz CT molecular complexity index is 799. The average Bonchev–Trinajstić information content (AvgIpc) is 3.17. The number of hydrogen-bond acceptors (Lipinski definition) is 7. The molecule has 1 aliphatic rings. The van der Waals surface area contributed by atoms with E-state index >= 15 is 0 Å². The Hall–Kier alpha value is -2.07. The summed E-state index contributed by atoms with van der Waals surface area (Å²) in [6.45, 7) is -0.365. The number of fused-ring (bicyclic) bond motifs is 3. The van der Waals surface area contributed by atoms with Gasteiger partial charge in [-0.05, 0) is 6.07 Å². The monoisotopic (exact) mass is 291 g/mol. The van der Waals surface area contributed by atoms with Crippen LogP contribution in [0.2, 0.25) is 0 Å². The molecule has 21 heavy (non-hydrogen) atoms. The van der Waals surface area contributed by atoms with Crippen molar-refractivity contribution in [3.63, 3.8) is 0 Å². The summed E-state index contributed by atoms with van der Waals surface area (Å²) in [4.78, 5) is 8.44. The molecule has 0 saturated carbocycles. The lowest BCUT2D eigenvalue weighted by Crippen LogP contribution is -2.33. The Kier molecular flexibility index (Phi) is 2.69. The maximum atomic E-state index is 10.1. The van der Waals surface area contributed by atoms with Gasteiger partial charge in [-0.1, -0.05) is 0 Å². The van der Waals surface area contributed by atoms with E-state index in [9.17, 15) is 10.2 Å². The Morgan fingerprint density at radius 1 is 1.19 bits per heavy atom. The highest BCUT2D eigenvalue weighted by atomic mass is 16.6. The quantitative estimate of drug-likeness (QED) is 0.536. The summed E-state index contributed by atoms with van der Waals surface area (Å²) in [5.74, 6) is 0. The Labute approximate surface area is 118 Å². The molecule has 110 valence electrons. The highest BCUT2D eigenvalue weighted by Gasteiger charge is 2.43. The standard InChI is InChI=1S/C12H13N5O4/c18-3-7-8(19)9(20)12(21-7)16-2-1-6-10(16)14-5-17-11(6)13-4-15-17/h1-2,4-5,7-9,12,18-20H,3H2/t7-,8-,9-,12-/m1/s1. The van der Waals surface area contributed by atoms with Crippen molar-refractivity contribution >= 4 is 16.7 Å². The van der Waals surface area contributed by atoms with E-state index in [1.54, 1.807) is 21.3 Å². The van der Waals surface area contributed by atoms with Gasteiger partial charge < -0.3 is 24.6 Å². The lowest BCUT2D eigenvalue weighted by Gasteiger charge is -2.17. The van der Waals surface area contributed by atoms with Gasteiger partial charge in [0, 0.05) is 6.20 Å². The van der Waals surface area contributed by atoms with Crippen LogP contribution in [0, 0.1) is 0 Å². The second-order valence-electron chi connectivity index (χ2n) is 4.96. The average molecular weight is 291 g/mol. The van der Waals surface area contributed by atoms with Crippen molar-refractivity contribution in [3.05, 3.63) is 24.9 Å². The van der Waals surface area contributed by atoms with Crippen molar-refractivity contribution in [3.8, 4) is 0 Å². The number of aromatic nitrogens is 5. The number of hydrogen-bond donors (Lipinski definition) is 3. The van der Waals surface area contributed by atoms with Gasteiger partial charge in [-0.25, -0.2) is 14.5 Å². The molecule has 1 aliphatic heterocycles. The summed E-state index contributed by atoms with van der Waals surface area (Å²) in [5.41, 5.74) is 1.20. The molecule has 9 nitrogen and oxygen atoms in total. The third kappa shape index (κ3) is 1.69. The topological polar surface area (TPSA) is 118 Å². The van der Waals surface area contributed by atoms with Crippen LogP contribution >= 0.6 is 0 Å². The number of ether oxygens (including phenoxy) is 1. The van der Waals surface area contributed by atoms with Gasteiger partial charge in [0.2, 0.25) is 0 Å². The summed E-state index contributed by atoms with van der Waals surface area (Å²) in [6, 6.07) is 1.79. The van der Waals surface area contributed by atoms with E-state index in [4.69, 9.17) is 9.84 Å². The van der Waals surface area contributed by atoms with E-state index in [1.807, 2.05) is 0 Å². The molecule has 4 atom stereocenters. The van der Waals surface area contributed by atoms with Crippen molar-refractivity contribution in [2.75, 3.05) is 6.61 Å². The van der Waals surface area contributed by atoms with Crippen LogP contribution < -0.4 is 0 Å². The first-order valence-corrected chi connectivity index (χ1v) is 6.48. The first-order valence-electron chi connectivity index (χ1n) is 6.48. The molecule has 9 heteroatoms. The van der Waals surface area contributed by atoms with Crippen molar-refractivity contribution in [2.45, 2.75) is 24.5 Å². The van der Waals surface area contributed by atoms with Gasteiger partial charge in [0.05, 0.1) is 12.0 Å². The van der Waals surface area contributed by atoms with Crippen molar-refractivity contribution in [1.82, 2.24) is 24.1 Å². The van der Waals surface area contributed by atoms with Crippen LogP contribution in [-0.4, -0.2) is 64.4 Å². The number of rotatable bonds is 2. The zero-order valence-corrected chi connectivity index (χ0v) is 10.8. The van der Waals surface area contributed by atoms with E-state index in [1.165, 1.54) is 12.7 Å². The van der Waals surface area contributed by atoms with E-state index in [0.29, 0.717) is 11.3 Å². The van der Waals surface area contributed by atoms with Crippen LogP contribution in [0.4, 0.5) is 0 Å². The number of aliphatic hydroxyl groups is 3. The molecule has 4 heterocycles. The molecule has 0 bridgehead atoms. The second-order valence-corrected chi connectivity index (χ2v) is 4.96. The molecular formula is C12H13N5O4. The predicted octanol–water partition coefficient (Wildman–Crippen LogP) is -1.31. The summed E-state index contributed by atoms with van der Waals surface area (Å²) in [5, 5.41) is 33.9. The minimum Gasteiger partial charge on any atom is -0.394 e. The fourth-order valence-corrected chi connectivity index (χ4v) is 2.70. The SMILES string of the molecule is OC[C@H]1O[C@@H](n2ccc3c2ncn2ncnc32)[C@H](O)[C@@H]1O. The molecule has 0 unspecified atom stereocenters. The maximum absolute atomic E-state index is 10.1. The Balaban J connectivity index is 1.84. The van der Waals surface area contributed by atoms with Crippen LogP contribution in [0.1, 0.15) is 6.23 Å². The molecule has 0 aliphatic carbocycles. The highest BCUT2D eigenvalue weighted by molar-refractivity contribution is 5.89. The summed E-state index contributed by atoms with van der Waals surface area (Å²) >= 11 is 0. The molecule has 1 fully saturated rings. The maximum Gasteiger partial charge on any atom is 0.168 e. The molecule has 3 aromatic heterocycles. The fourth-order valence-electron chi connectivity index (χ4n) is 2.70. The van der Waals surface area contributed by atoms with Crippen molar-refractivity contribution in [1.29, 1.82) is 0 Å². The fraction of sp³-hybridized carbons (Fsp3) is 0.417. The first-order chi connectivity index (χ1) is 10.2. The second kappa shape index (κ2) is 4.46. The van der Waals surface area contributed by atoms with E-state index in [-0.39, 0.29) is 6.61 Å². The molecule has 3 aromatic rings. The van der Waals surface area contributed by atoms with E-state index in [2.05, 4.69) is 15.1 Å². The Morgan fingerprint density at radius 2 is 2.05 bits per heavy atom. The van der Waals surface area contributed by atoms with Gasteiger partial charge in [-0.3, -0.25) is 0 Å². The zero-order chi connectivity index (χ0) is 14.6. The van der Waals surface area contributed by atoms with Crippen LogP contribution in [0.5, 0.6) is 0 Å². The van der Waals surface area contributed by atoms with Crippen molar-refractivity contribution < 1.29 is 20.1 Å². The van der Waals surface area contributed by atoms with E-state index in [0.717, 1.165) is 5.39 Å². The lowest BCUT2D eigenvalue weighted by atomic mass is 10.1. The van der Waals surface area contributed by atoms with Gasteiger partial charge in [-0.15, -0.1) is 0 Å². The number of aliphatic hydroxyl groups excluding tert-OH is 3. The molecule has 3 N–H and O–H groups in total. The summed E-state index contributed by atoms with van der Waals surface area (Å²) in [7, 11) is 0. The first kappa shape index (κ1) is 12.7. The van der Waals surface area contributed by atoms with Gasteiger partial charge in [0.1, 0.15) is 36.6 Å². The smallest absolute Gasteiger partial charge is 0.168 e. The molecule has 0 aromatic carbocycles. The number of nitrogens with zero attached hydrogens (tertiary/aromatic N) is 5. The lowest BCUT2D eigenvalue weighted by molar-refractivity contribution is -0.0508. The molecule has 4 rings (SSSR count). The summed E-state index contributed by atoms with van der Waals surface area (Å²) < 4.78 is 8.68. The molecule has 0 amide bonds. The molecular weight excluding hydrogens is 278 g/mol. The van der Waals surface area contributed by atoms with Crippen molar-refractivity contribution in [2.24, 2.45) is 0 Å². The molecule has 0 radical (unpaired) electrons. The van der Waals surface area contributed by atoms with Gasteiger partial charge in [0.25, 0.3) is 0 Å². The van der Waals surface area contributed by atoms with Crippen LogP contribution in [0.3, 0.4) is 0 Å². The third-order valence-corrected chi connectivity index (χ3v) is 3.78. The normalized spacial score (nSPS) is 29.7. The van der Waals surface area contributed by atoms with Gasteiger partial charge in [-0.2, -0.15) is 5.10 Å².